The highest BCUT2D eigenvalue weighted by Gasteiger charge is 2.13. The van der Waals surface area contributed by atoms with Crippen LogP contribution >= 0.6 is 0 Å². The Morgan fingerprint density at radius 1 is 1.45 bits per heavy atom. The fourth-order valence-electron chi connectivity index (χ4n) is 1.78. The average molecular weight is 276 g/mol. The van der Waals surface area contributed by atoms with Crippen LogP contribution in [0, 0.1) is 0 Å². The van der Waals surface area contributed by atoms with Crippen molar-refractivity contribution in [1.29, 1.82) is 0 Å². The zero-order valence-electron chi connectivity index (χ0n) is 11.3. The van der Waals surface area contributed by atoms with Gasteiger partial charge in [0.15, 0.2) is 0 Å². The van der Waals surface area contributed by atoms with Crippen LogP contribution in [0.2, 0.25) is 0 Å². The Bertz CT molecular complexity index is 627. The van der Waals surface area contributed by atoms with Gasteiger partial charge in [-0.2, -0.15) is 5.10 Å². The first-order chi connectivity index (χ1) is 9.47. The summed E-state index contributed by atoms with van der Waals surface area (Å²) in [4.78, 5) is 22.8. The summed E-state index contributed by atoms with van der Waals surface area (Å²) in [5, 5.41) is 15.6. The molecular formula is C13H16N4O3. The van der Waals surface area contributed by atoms with E-state index in [2.05, 4.69) is 10.4 Å². The lowest BCUT2D eigenvalue weighted by atomic mass is 10.3. The van der Waals surface area contributed by atoms with E-state index in [1.54, 1.807) is 35.4 Å². The number of aromatic nitrogens is 3. The number of hydrogen-bond donors (Lipinski definition) is 2. The monoisotopic (exact) mass is 276 g/mol. The quantitative estimate of drug-likeness (QED) is 0.868. The smallest absolute Gasteiger partial charge is 0.323 e. The molecule has 7 heteroatoms. The van der Waals surface area contributed by atoms with E-state index in [-0.39, 0.29) is 18.5 Å². The van der Waals surface area contributed by atoms with Gasteiger partial charge < -0.3 is 15.0 Å². The second kappa shape index (κ2) is 5.60. The number of carboxylic acids is 1. The number of carbonyl (C=O) groups excluding carboxylic acids is 1. The van der Waals surface area contributed by atoms with Gasteiger partial charge >= 0.3 is 5.97 Å². The van der Waals surface area contributed by atoms with E-state index in [0.717, 1.165) is 0 Å². The number of aliphatic carboxylic acids is 1. The number of rotatable bonds is 5. The third-order valence-corrected chi connectivity index (χ3v) is 2.76. The van der Waals surface area contributed by atoms with Gasteiger partial charge in [-0.3, -0.25) is 14.3 Å². The molecule has 2 aromatic heterocycles. The van der Waals surface area contributed by atoms with Crippen molar-refractivity contribution in [1.82, 2.24) is 14.3 Å². The zero-order chi connectivity index (χ0) is 14.7. The first kappa shape index (κ1) is 13.9. The van der Waals surface area contributed by atoms with Crippen molar-refractivity contribution in [2.45, 2.75) is 26.4 Å². The Morgan fingerprint density at radius 2 is 2.20 bits per heavy atom. The molecule has 0 aliphatic carbocycles. The highest BCUT2D eigenvalue weighted by molar-refractivity contribution is 6.03. The second-order valence-electron chi connectivity index (χ2n) is 4.67. The Morgan fingerprint density at radius 3 is 2.80 bits per heavy atom. The van der Waals surface area contributed by atoms with E-state index in [9.17, 15) is 9.59 Å². The van der Waals surface area contributed by atoms with Gasteiger partial charge in [-0.15, -0.1) is 0 Å². The molecular weight excluding hydrogens is 260 g/mol. The highest BCUT2D eigenvalue weighted by atomic mass is 16.4. The van der Waals surface area contributed by atoms with Crippen LogP contribution in [0.4, 0.5) is 5.69 Å². The Labute approximate surface area is 115 Å². The summed E-state index contributed by atoms with van der Waals surface area (Å²) in [7, 11) is 0. The molecule has 2 rings (SSSR count). The van der Waals surface area contributed by atoms with E-state index >= 15 is 0 Å². The van der Waals surface area contributed by atoms with Crippen LogP contribution < -0.4 is 5.32 Å². The Kier molecular flexibility index (Phi) is 3.88. The standard InChI is InChI=1S/C13H16N4O3/c1-9(2)17-7-10(6-14-17)15-13(20)11-4-3-5-16(11)8-12(18)19/h3-7,9H,8H2,1-2H3,(H,15,20)(H,18,19). The molecule has 0 aliphatic rings. The molecule has 0 saturated heterocycles. The Balaban J connectivity index is 2.11. The first-order valence-corrected chi connectivity index (χ1v) is 6.20. The van der Waals surface area contributed by atoms with Crippen molar-refractivity contribution in [2.75, 3.05) is 5.32 Å². The zero-order valence-corrected chi connectivity index (χ0v) is 11.3. The lowest BCUT2D eigenvalue weighted by Crippen LogP contribution is -2.19. The van der Waals surface area contributed by atoms with Gasteiger partial charge in [-0.25, -0.2) is 0 Å². The molecule has 0 radical (unpaired) electrons. The number of nitrogens with one attached hydrogen (secondary N) is 1. The van der Waals surface area contributed by atoms with Crippen molar-refractivity contribution >= 4 is 17.6 Å². The number of amides is 1. The normalized spacial score (nSPS) is 10.8. The summed E-state index contributed by atoms with van der Waals surface area (Å²) in [5.74, 6) is -1.36. The third kappa shape index (κ3) is 3.05. The second-order valence-corrected chi connectivity index (χ2v) is 4.67. The van der Waals surface area contributed by atoms with Gasteiger partial charge in [0.25, 0.3) is 5.91 Å². The SMILES string of the molecule is CC(C)n1cc(NC(=O)c2cccn2CC(=O)O)cn1. The minimum absolute atomic E-state index is 0.205. The summed E-state index contributed by atoms with van der Waals surface area (Å²) < 4.78 is 3.11. The predicted molar refractivity (Wildman–Crippen MR) is 72.6 cm³/mol. The molecule has 2 N–H and O–H groups in total. The molecule has 0 unspecified atom stereocenters. The summed E-state index contributed by atoms with van der Waals surface area (Å²) in [6, 6.07) is 3.41. The minimum Gasteiger partial charge on any atom is -0.480 e. The van der Waals surface area contributed by atoms with Gasteiger partial charge in [0.05, 0.1) is 11.9 Å². The van der Waals surface area contributed by atoms with E-state index in [1.807, 2.05) is 13.8 Å². The number of anilines is 1. The Hall–Kier alpha value is -2.57. The molecule has 0 spiro atoms. The predicted octanol–water partition coefficient (Wildman–Crippen LogP) is 1.60. The number of carbonyl (C=O) groups is 2. The molecule has 2 aromatic rings. The van der Waals surface area contributed by atoms with Crippen molar-refractivity contribution in [3.05, 3.63) is 36.4 Å². The van der Waals surface area contributed by atoms with Crippen LogP contribution in [0.25, 0.3) is 0 Å². The van der Waals surface area contributed by atoms with Gasteiger partial charge in [-0.05, 0) is 26.0 Å². The van der Waals surface area contributed by atoms with Crippen LogP contribution in [-0.4, -0.2) is 31.3 Å². The highest BCUT2D eigenvalue weighted by Crippen LogP contribution is 2.12. The number of hydrogen-bond acceptors (Lipinski definition) is 3. The molecule has 1 amide bonds. The summed E-state index contributed by atoms with van der Waals surface area (Å²) in [6.07, 6.45) is 4.84. The average Bonchev–Trinajstić information content (AvgIpc) is 2.97. The fourth-order valence-corrected chi connectivity index (χ4v) is 1.78. The fraction of sp³-hybridized carbons (Fsp3) is 0.308. The molecule has 0 aliphatic heterocycles. The van der Waals surface area contributed by atoms with Crippen molar-refractivity contribution in [3.8, 4) is 0 Å². The lowest BCUT2D eigenvalue weighted by Gasteiger charge is -2.06. The van der Waals surface area contributed by atoms with E-state index in [1.165, 1.54) is 4.57 Å². The van der Waals surface area contributed by atoms with Crippen LogP contribution in [0.3, 0.4) is 0 Å². The molecule has 0 aromatic carbocycles. The lowest BCUT2D eigenvalue weighted by molar-refractivity contribution is -0.137. The maximum Gasteiger partial charge on any atom is 0.323 e. The minimum atomic E-state index is -0.997. The molecule has 2 heterocycles. The van der Waals surface area contributed by atoms with Crippen molar-refractivity contribution in [3.63, 3.8) is 0 Å². The topological polar surface area (TPSA) is 89.2 Å². The largest absolute Gasteiger partial charge is 0.480 e. The van der Waals surface area contributed by atoms with Crippen molar-refractivity contribution in [2.24, 2.45) is 0 Å². The van der Waals surface area contributed by atoms with Crippen LogP contribution in [0.5, 0.6) is 0 Å². The maximum atomic E-state index is 12.1. The van der Waals surface area contributed by atoms with Gasteiger partial charge in [0.1, 0.15) is 12.2 Å². The number of nitrogens with zero attached hydrogens (tertiary/aromatic N) is 3. The molecule has 106 valence electrons. The summed E-state index contributed by atoms with van der Waals surface area (Å²) >= 11 is 0. The maximum absolute atomic E-state index is 12.1. The third-order valence-electron chi connectivity index (χ3n) is 2.76. The molecule has 20 heavy (non-hydrogen) atoms. The van der Waals surface area contributed by atoms with E-state index in [4.69, 9.17) is 5.11 Å². The summed E-state index contributed by atoms with van der Waals surface area (Å²) in [5.41, 5.74) is 0.872. The van der Waals surface area contributed by atoms with Gasteiger partial charge in [-0.1, -0.05) is 0 Å². The molecule has 7 nitrogen and oxygen atoms in total. The van der Waals surface area contributed by atoms with E-state index in [0.29, 0.717) is 11.4 Å². The molecule has 0 atom stereocenters. The van der Waals surface area contributed by atoms with Crippen LogP contribution in [-0.2, 0) is 11.3 Å². The van der Waals surface area contributed by atoms with Crippen molar-refractivity contribution < 1.29 is 14.7 Å². The first-order valence-electron chi connectivity index (χ1n) is 6.20. The van der Waals surface area contributed by atoms with Gasteiger partial charge in [0.2, 0.25) is 0 Å². The summed E-state index contributed by atoms with van der Waals surface area (Å²) in [6.45, 7) is 3.72. The number of carboxylic acid groups (broad SMARTS) is 1. The van der Waals surface area contributed by atoms with Crippen LogP contribution in [0.1, 0.15) is 30.4 Å². The van der Waals surface area contributed by atoms with Gasteiger partial charge in [0, 0.05) is 18.4 Å². The molecule has 0 bridgehead atoms. The molecule has 0 saturated carbocycles. The van der Waals surface area contributed by atoms with E-state index < -0.39 is 5.97 Å². The van der Waals surface area contributed by atoms with Crippen LogP contribution in [0.15, 0.2) is 30.7 Å². The molecule has 0 fully saturated rings.